The van der Waals surface area contributed by atoms with Gasteiger partial charge in [0, 0.05) is 22.9 Å². The molecule has 7 nitrogen and oxygen atoms in total. The van der Waals surface area contributed by atoms with Crippen LogP contribution >= 0.6 is 0 Å². The zero-order chi connectivity index (χ0) is 26.0. The quantitative estimate of drug-likeness (QED) is 0.234. The molecule has 2 N–H and O–H groups in total. The fourth-order valence-corrected chi connectivity index (χ4v) is 3.39. The van der Waals surface area contributed by atoms with Gasteiger partial charge in [0.1, 0.15) is 17.2 Å². The van der Waals surface area contributed by atoms with Gasteiger partial charge in [-0.2, -0.15) is 0 Å². The van der Waals surface area contributed by atoms with Gasteiger partial charge in [-0.05, 0) is 72.3 Å². The van der Waals surface area contributed by atoms with Crippen LogP contribution in [0.15, 0.2) is 113 Å². The van der Waals surface area contributed by atoms with Crippen molar-refractivity contribution in [3.63, 3.8) is 0 Å². The smallest absolute Gasteiger partial charge is 0.272 e. The zero-order valence-electron chi connectivity index (χ0n) is 20.0. The molecule has 184 valence electrons. The molecule has 1 aromatic heterocycles. The Morgan fingerprint density at radius 3 is 2.32 bits per heavy atom. The van der Waals surface area contributed by atoms with Gasteiger partial charge >= 0.3 is 0 Å². The summed E-state index contributed by atoms with van der Waals surface area (Å²) in [5, 5.41) is 5.38. The molecule has 0 radical (unpaired) electrons. The van der Waals surface area contributed by atoms with E-state index in [0.717, 1.165) is 5.56 Å². The number of benzene rings is 3. The Labute approximate surface area is 214 Å². The van der Waals surface area contributed by atoms with Gasteiger partial charge in [0.05, 0.1) is 13.4 Å². The number of carbonyl (C=O) groups excluding carboxylic acids is 3. The summed E-state index contributed by atoms with van der Waals surface area (Å²) in [5.41, 5.74) is 2.17. The van der Waals surface area contributed by atoms with E-state index >= 15 is 0 Å². The van der Waals surface area contributed by atoms with Gasteiger partial charge in [0.15, 0.2) is 5.78 Å². The van der Waals surface area contributed by atoms with Crippen molar-refractivity contribution in [3.05, 3.63) is 131 Å². The average Bonchev–Trinajstić information content (AvgIpc) is 3.45. The van der Waals surface area contributed by atoms with Gasteiger partial charge in [-0.3, -0.25) is 14.4 Å². The van der Waals surface area contributed by atoms with Crippen molar-refractivity contribution >= 4 is 35.4 Å². The third-order valence-corrected chi connectivity index (χ3v) is 5.31. The predicted octanol–water partition coefficient (Wildman–Crippen LogP) is 5.59. The molecule has 0 saturated carbocycles. The van der Waals surface area contributed by atoms with Gasteiger partial charge in [0.25, 0.3) is 11.8 Å². The van der Waals surface area contributed by atoms with Crippen LogP contribution in [-0.2, 0) is 4.79 Å². The van der Waals surface area contributed by atoms with Crippen molar-refractivity contribution in [2.75, 3.05) is 12.4 Å². The number of methoxy groups -OCH3 is 1. The molecule has 0 spiro atoms. The normalized spacial score (nSPS) is 11.2. The van der Waals surface area contributed by atoms with Gasteiger partial charge in [-0.25, -0.2) is 0 Å². The first-order valence-electron chi connectivity index (χ1n) is 11.4. The average molecular weight is 493 g/mol. The number of allylic oxidation sites excluding steroid dienone is 1. The SMILES string of the molecule is COc1cccc(/C=C/C(=O)c2ccc(NC(=O)/C(=C/c3ccco3)NC(=O)c3ccccc3)cc2)c1. The minimum absolute atomic E-state index is 0.00479. The lowest BCUT2D eigenvalue weighted by Crippen LogP contribution is -2.30. The summed E-state index contributed by atoms with van der Waals surface area (Å²) in [4.78, 5) is 38.2. The van der Waals surface area contributed by atoms with E-state index in [9.17, 15) is 14.4 Å². The Morgan fingerprint density at radius 2 is 1.62 bits per heavy atom. The summed E-state index contributed by atoms with van der Waals surface area (Å²) in [6.45, 7) is 0. The molecule has 4 aromatic rings. The van der Waals surface area contributed by atoms with Gasteiger partial charge in [0.2, 0.25) is 0 Å². The van der Waals surface area contributed by atoms with Crippen LogP contribution in [0.4, 0.5) is 5.69 Å². The van der Waals surface area contributed by atoms with Crippen molar-refractivity contribution in [1.29, 1.82) is 0 Å². The van der Waals surface area contributed by atoms with E-state index in [1.165, 1.54) is 18.4 Å². The van der Waals surface area contributed by atoms with E-state index in [2.05, 4.69) is 10.6 Å². The Bertz CT molecular complexity index is 1440. The molecule has 1 heterocycles. The zero-order valence-corrected chi connectivity index (χ0v) is 20.0. The van der Waals surface area contributed by atoms with E-state index < -0.39 is 11.8 Å². The maximum atomic E-state index is 13.0. The Morgan fingerprint density at radius 1 is 0.838 bits per heavy atom. The number of amides is 2. The molecule has 4 rings (SSSR count). The molecule has 0 fully saturated rings. The van der Waals surface area contributed by atoms with E-state index in [4.69, 9.17) is 9.15 Å². The lowest BCUT2D eigenvalue weighted by atomic mass is 10.1. The number of nitrogens with one attached hydrogen (secondary N) is 2. The molecule has 0 unspecified atom stereocenters. The highest BCUT2D eigenvalue weighted by molar-refractivity contribution is 6.11. The van der Waals surface area contributed by atoms with E-state index in [1.807, 2.05) is 24.3 Å². The van der Waals surface area contributed by atoms with Gasteiger partial charge in [-0.1, -0.05) is 36.4 Å². The van der Waals surface area contributed by atoms with Crippen LogP contribution in [0, 0.1) is 0 Å². The van der Waals surface area contributed by atoms with Crippen molar-refractivity contribution in [3.8, 4) is 5.75 Å². The lowest BCUT2D eigenvalue weighted by Gasteiger charge is -2.11. The van der Waals surface area contributed by atoms with E-state index in [0.29, 0.717) is 28.3 Å². The molecule has 7 heteroatoms. The molecule has 3 aromatic carbocycles. The molecule has 2 amide bonds. The number of hydrogen-bond donors (Lipinski definition) is 2. The molecule has 0 aliphatic carbocycles. The molecule has 0 aliphatic heterocycles. The largest absolute Gasteiger partial charge is 0.497 e. The summed E-state index contributed by atoms with van der Waals surface area (Å²) in [5.74, 6) is -0.0541. The summed E-state index contributed by atoms with van der Waals surface area (Å²) >= 11 is 0. The topological polar surface area (TPSA) is 97.6 Å². The van der Waals surface area contributed by atoms with E-state index in [-0.39, 0.29) is 11.5 Å². The number of hydrogen-bond acceptors (Lipinski definition) is 5. The fraction of sp³-hybridized carbons (Fsp3) is 0.0333. The third kappa shape index (κ3) is 6.93. The predicted molar refractivity (Wildman–Crippen MR) is 142 cm³/mol. The lowest BCUT2D eigenvalue weighted by molar-refractivity contribution is -0.113. The van der Waals surface area contributed by atoms with Crippen LogP contribution in [0.1, 0.15) is 32.0 Å². The second-order valence-electron chi connectivity index (χ2n) is 7.90. The third-order valence-electron chi connectivity index (χ3n) is 5.31. The highest BCUT2D eigenvalue weighted by Crippen LogP contribution is 2.16. The van der Waals surface area contributed by atoms with Crippen molar-refractivity contribution in [1.82, 2.24) is 5.32 Å². The van der Waals surface area contributed by atoms with Crippen LogP contribution < -0.4 is 15.4 Å². The summed E-state index contributed by atoms with van der Waals surface area (Å²) < 4.78 is 10.5. The highest BCUT2D eigenvalue weighted by Gasteiger charge is 2.16. The number of ketones is 1. The fourth-order valence-electron chi connectivity index (χ4n) is 3.39. The van der Waals surface area contributed by atoms with Crippen molar-refractivity contribution in [2.45, 2.75) is 0 Å². The van der Waals surface area contributed by atoms with Crippen LogP contribution in [0.2, 0.25) is 0 Å². The maximum Gasteiger partial charge on any atom is 0.272 e. The second-order valence-corrected chi connectivity index (χ2v) is 7.90. The number of anilines is 1. The summed E-state index contributed by atoms with van der Waals surface area (Å²) in [7, 11) is 1.58. The molecule has 0 saturated heterocycles. The Kier molecular flexibility index (Phi) is 8.08. The molecular formula is C30H24N2O5. The molecule has 0 atom stereocenters. The number of ether oxygens (including phenoxy) is 1. The minimum atomic E-state index is -0.544. The summed E-state index contributed by atoms with van der Waals surface area (Å²) in [6, 6.07) is 25.8. The second kappa shape index (κ2) is 12.0. The van der Waals surface area contributed by atoms with Crippen LogP contribution in [0.25, 0.3) is 12.2 Å². The highest BCUT2D eigenvalue weighted by atomic mass is 16.5. The van der Waals surface area contributed by atoms with Crippen molar-refractivity contribution in [2.24, 2.45) is 0 Å². The number of carbonyl (C=O) groups is 3. The monoisotopic (exact) mass is 492 g/mol. The van der Waals surface area contributed by atoms with Crippen molar-refractivity contribution < 1.29 is 23.5 Å². The first-order valence-corrected chi connectivity index (χ1v) is 11.4. The van der Waals surface area contributed by atoms with Crippen LogP contribution in [-0.4, -0.2) is 24.7 Å². The maximum absolute atomic E-state index is 13.0. The molecule has 0 bridgehead atoms. The van der Waals surface area contributed by atoms with Crippen LogP contribution in [0.5, 0.6) is 5.75 Å². The van der Waals surface area contributed by atoms with Gasteiger partial charge in [-0.15, -0.1) is 0 Å². The number of rotatable bonds is 9. The van der Waals surface area contributed by atoms with Gasteiger partial charge < -0.3 is 19.8 Å². The Hall–Kier alpha value is -5.17. The summed E-state index contributed by atoms with van der Waals surface area (Å²) in [6.07, 6.45) is 6.10. The minimum Gasteiger partial charge on any atom is -0.497 e. The van der Waals surface area contributed by atoms with Crippen LogP contribution in [0.3, 0.4) is 0 Å². The Balaban J connectivity index is 1.45. The molecular weight excluding hydrogens is 468 g/mol. The molecule has 0 aliphatic rings. The first kappa shape index (κ1) is 24.9. The first-order chi connectivity index (χ1) is 18.0. The molecule has 37 heavy (non-hydrogen) atoms. The van der Waals surface area contributed by atoms with E-state index in [1.54, 1.807) is 79.9 Å². The standard InChI is InChI=1S/C30H24N2O5/c1-36-25-10-5-7-21(19-25)12-17-28(33)22-13-15-24(16-14-22)31-30(35)27(20-26-11-6-18-37-26)32-29(34)23-8-3-2-4-9-23/h2-20H,1H3,(H,31,35)(H,32,34)/b17-12+,27-20-. The number of furan rings is 1.